The summed E-state index contributed by atoms with van der Waals surface area (Å²) in [6.07, 6.45) is 8.26. The van der Waals surface area contributed by atoms with Gasteiger partial charge in [-0.25, -0.2) is 0 Å². The van der Waals surface area contributed by atoms with Crippen molar-refractivity contribution in [2.45, 2.75) is 43.9 Å². The molecule has 0 bridgehead atoms. The van der Waals surface area contributed by atoms with Crippen LogP contribution in [0.5, 0.6) is 0 Å². The number of piperidine rings is 1. The van der Waals surface area contributed by atoms with Crippen molar-refractivity contribution in [3.63, 3.8) is 0 Å². The number of hydrogen-bond acceptors (Lipinski definition) is 5. The van der Waals surface area contributed by atoms with Gasteiger partial charge in [0.25, 0.3) is 6.47 Å². The molecular weight excluding hydrogens is 368 g/mol. The van der Waals surface area contributed by atoms with Crippen LogP contribution in [0.15, 0.2) is 48.8 Å². The summed E-state index contributed by atoms with van der Waals surface area (Å²) in [5.74, 6) is 0. The van der Waals surface area contributed by atoms with E-state index in [2.05, 4.69) is 27.0 Å². The third-order valence-corrected chi connectivity index (χ3v) is 6.07. The molecule has 3 heterocycles. The number of aryl methyl sites for hydroxylation is 1. The first-order chi connectivity index (χ1) is 14.2. The van der Waals surface area contributed by atoms with E-state index in [4.69, 9.17) is 9.90 Å². The average Bonchev–Trinajstić information content (AvgIpc) is 3.45. The Balaban J connectivity index is 0.000000755. The van der Waals surface area contributed by atoms with Gasteiger partial charge in [0.2, 0.25) is 0 Å². The number of likely N-dealkylation sites (tertiary alicyclic amines) is 2. The molecule has 1 aromatic carbocycles. The van der Waals surface area contributed by atoms with Gasteiger partial charge in [0.15, 0.2) is 0 Å². The molecule has 0 radical (unpaired) electrons. The maximum atomic E-state index is 11.7. The van der Waals surface area contributed by atoms with E-state index in [0.29, 0.717) is 0 Å². The third-order valence-electron chi connectivity index (χ3n) is 6.07. The molecule has 2 N–H and O–H groups in total. The minimum absolute atomic E-state index is 0.186. The average molecular weight is 401 g/mol. The molecule has 2 aromatic rings. The summed E-state index contributed by atoms with van der Waals surface area (Å²) in [5, 5.41) is 22.9. The Morgan fingerprint density at radius 3 is 2.48 bits per heavy atom. The van der Waals surface area contributed by atoms with Crippen molar-refractivity contribution in [3.05, 3.63) is 54.4 Å². The lowest BCUT2D eigenvalue weighted by molar-refractivity contribution is -0.122. The predicted octanol–water partition coefficient (Wildman–Crippen LogP) is 2.03. The molecule has 7 heteroatoms. The lowest BCUT2D eigenvalue weighted by Gasteiger charge is -2.48. The van der Waals surface area contributed by atoms with Gasteiger partial charge in [0.05, 0.1) is 6.04 Å². The van der Waals surface area contributed by atoms with E-state index >= 15 is 0 Å². The SMILES string of the molecule is O=CO.O[C@]1(c2ccccc2)CCN(CCCn2cccn2)C[C@H]1N1CCCC1. The van der Waals surface area contributed by atoms with Crippen LogP contribution in [0, 0.1) is 0 Å². The number of rotatable bonds is 6. The molecule has 7 nitrogen and oxygen atoms in total. The van der Waals surface area contributed by atoms with E-state index in [0.717, 1.165) is 57.7 Å². The van der Waals surface area contributed by atoms with Crippen LogP contribution in [0.2, 0.25) is 0 Å². The first kappa shape index (κ1) is 21.5. The van der Waals surface area contributed by atoms with E-state index in [-0.39, 0.29) is 12.5 Å². The zero-order valence-electron chi connectivity index (χ0n) is 16.9. The number of aliphatic hydroxyl groups is 1. The van der Waals surface area contributed by atoms with Crippen molar-refractivity contribution < 1.29 is 15.0 Å². The monoisotopic (exact) mass is 400 g/mol. The molecule has 1 aromatic heterocycles. The Hall–Kier alpha value is -2.22. The normalized spacial score (nSPS) is 25.3. The molecule has 0 aliphatic carbocycles. The molecule has 2 fully saturated rings. The maximum absolute atomic E-state index is 11.7. The van der Waals surface area contributed by atoms with Gasteiger partial charge in [-0.3, -0.25) is 14.4 Å². The molecule has 0 spiro atoms. The fourth-order valence-corrected chi connectivity index (χ4v) is 4.61. The summed E-state index contributed by atoms with van der Waals surface area (Å²) in [7, 11) is 0. The smallest absolute Gasteiger partial charge is 0.290 e. The topological polar surface area (TPSA) is 81.8 Å². The van der Waals surface area contributed by atoms with Crippen molar-refractivity contribution in [2.24, 2.45) is 0 Å². The molecule has 2 saturated heterocycles. The molecule has 2 aliphatic rings. The summed E-state index contributed by atoms with van der Waals surface area (Å²) >= 11 is 0. The van der Waals surface area contributed by atoms with Crippen LogP contribution in [0.25, 0.3) is 0 Å². The van der Waals surface area contributed by atoms with Gasteiger partial charge in [-0.2, -0.15) is 5.10 Å². The third kappa shape index (κ3) is 5.44. The zero-order chi connectivity index (χ0) is 20.5. The second-order valence-corrected chi connectivity index (χ2v) is 7.83. The molecule has 158 valence electrons. The Morgan fingerprint density at radius 1 is 1.10 bits per heavy atom. The van der Waals surface area contributed by atoms with E-state index < -0.39 is 5.60 Å². The van der Waals surface area contributed by atoms with Crippen molar-refractivity contribution in [2.75, 3.05) is 32.7 Å². The lowest BCUT2D eigenvalue weighted by atomic mass is 9.79. The molecule has 2 atom stereocenters. The van der Waals surface area contributed by atoms with Crippen molar-refractivity contribution in [3.8, 4) is 0 Å². The van der Waals surface area contributed by atoms with Crippen LogP contribution in [-0.2, 0) is 16.9 Å². The second-order valence-electron chi connectivity index (χ2n) is 7.83. The Kier molecular flexibility index (Phi) is 7.80. The van der Waals surface area contributed by atoms with Crippen LogP contribution >= 0.6 is 0 Å². The number of aromatic nitrogens is 2. The van der Waals surface area contributed by atoms with E-state index in [9.17, 15) is 5.11 Å². The first-order valence-electron chi connectivity index (χ1n) is 10.5. The van der Waals surface area contributed by atoms with Crippen LogP contribution in [-0.4, -0.2) is 75.0 Å². The highest BCUT2D eigenvalue weighted by atomic mass is 16.3. The molecule has 0 unspecified atom stereocenters. The highest BCUT2D eigenvalue weighted by Crippen LogP contribution is 2.37. The summed E-state index contributed by atoms with van der Waals surface area (Å²) < 4.78 is 2.00. The number of carboxylic acid groups (broad SMARTS) is 1. The van der Waals surface area contributed by atoms with Gasteiger partial charge in [0.1, 0.15) is 5.60 Å². The highest BCUT2D eigenvalue weighted by molar-refractivity contribution is 5.32. The Labute approximate surface area is 172 Å². The maximum Gasteiger partial charge on any atom is 0.290 e. The number of carbonyl (C=O) groups is 1. The van der Waals surface area contributed by atoms with Gasteiger partial charge in [-0.1, -0.05) is 30.3 Å². The molecule has 0 saturated carbocycles. The van der Waals surface area contributed by atoms with Gasteiger partial charge < -0.3 is 15.1 Å². The van der Waals surface area contributed by atoms with Crippen LogP contribution in [0.1, 0.15) is 31.2 Å². The van der Waals surface area contributed by atoms with E-state index in [1.165, 1.54) is 12.8 Å². The number of nitrogens with zero attached hydrogens (tertiary/aromatic N) is 4. The quantitative estimate of drug-likeness (QED) is 0.722. The van der Waals surface area contributed by atoms with Gasteiger partial charge in [-0.05, 0) is 56.9 Å². The second kappa shape index (κ2) is 10.5. The van der Waals surface area contributed by atoms with Crippen molar-refractivity contribution >= 4 is 6.47 Å². The summed E-state index contributed by atoms with van der Waals surface area (Å²) in [6.45, 7) is 5.90. The molecule has 0 amide bonds. The predicted molar refractivity (Wildman–Crippen MR) is 112 cm³/mol. The van der Waals surface area contributed by atoms with Crippen molar-refractivity contribution in [1.82, 2.24) is 19.6 Å². The molecular formula is C22H32N4O3. The zero-order valence-corrected chi connectivity index (χ0v) is 16.9. The van der Waals surface area contributed by atoms with Crippen LogP contribution < -0.4 is 0 Å². The number of benzene rings is 1. The van der Waals surface area contributed by atoms with Gasteiger partial charge >= 0.3 is 0 Å². The minimum Gasteiger partial charge on any atom is -0.483 e. The standard InChI is InChI=1S/C21H30N4O.CH2O2/c26-21(19-8-2-1-3-9-19)10-17-23(12-7-16-25-15-6-11-22-25)18-20(21)24-13-4-5-14-24;2-1-3/h1-3,6,8-9,11,15,20,26H,4-5,7,10,12-14,16-18H2;1H,(H,2,3)/t20-,21+;/m1./s1. The molecule has 29 heavy (non-hydrogen) atoms. The number of hydrogen-bond donors (Lipinski definition) is 2. The highest BCUT2D eigenvalue weighted by Gasteiger charge is 2.45. The molecule has 2 aliphatic heterocycles. The van der Waals surface area contributed by atoms with Crippen molar-refractivity contribution in [1.29, 1.82) is 0 Å². The van der Waals surface area contributed by atoms with Crippen LogP contribution in [0.3, 0.4) is 0 Å². The summed E-state index contributed by atoms with van der Waals surface area (Å²) in [6, 6.07) is 12.5. The Bertz CT molecular complexity index is 719. The molecule has 4 rings (SSSR count). The lowest BCUT2D eigenvalue weighted by Crippen LogP contribution is -2.60. The fraction of sp³-hybridized carbons (Fsp3) is 0.545. The van der Waals surface area contributed by atoms with E-state index in [1.54, 1.807) is 0 Å². The summed E-state index contributed by atoms with van der Waals surface area (Å²) in [4.78, 5) is 13.4. The van der Waals surface area contributed by atoms with Gasteiger partial charge in [-0.15, -0.1) is 0 Å². The fourth-order valence-electron chi connectivity index (χ4n) is 4.61. The first-order valence-corrected chi connectivity index (χ1v) is 10.5. The minimum atomic E-state index is -0.732. The van der Waals surface area contributed by atoms with Crippen LogP contribution in [0.4, 0.5) is 0 Å². The Morgan fingerprint density at radius 2 is 1.83 bits per heavy atom. The van der Waals surface area contributed by atoms with Gasteiger partial charge in [0, 0.05) is 32.0 Å². The van der Waals surface area contributed by atoms with E-state index in [1.807, 2.05) is 41.3 Å². The largest absolute Gasteiger partial charge is 0.483 e. The summed E-state index contributed by atoms with van der Waals surface area (Å²) in [5.41, 5.74) is 0.345.